The molecule has 0 amide bonds. The number of halogens is 3. The van der Waals surface area contributed by atoms with Crippen molar-refractivity contribution < 1.29 is 23.4 Å². The monoisotopic (exact) mass is 540 g/mol. The van der Waals surface area contributed by atoms with Crippen LogP contribution in [0.15, 0.2) is 0 Å². The highest BCUT2D eigenvalue weighted by Gasteiger charge is 2.65. The minimum Gasteiger partial charge on any atom is -0.390 e. The van der Waals surface area contributed by atoms with E-state index in [4.69, 9.17) is 0 Å². The van der Waals surface area contributed by atoms with Gasteiger partial charge in [0, 0.05) is 0 Å². The Morgan fingerprint density at radius 3 is 2.05 bits per heavy atom. The van der Waals surface area contributed by atoms with Crippen LogP contribution in [0.3, 0.4) is 0 Å². The molecule has 5 heteroatoms. The molecule has 0 saturated heterocycles. The minimum atomic E-state index is -4.52. The van der Waals surface area contributed by atoms with Crippen LogP contribution in [-0.4, -0.2) is 27.6 Å². The maximum absolute atomic E-state index is 13.7. The Labute approximate surface area is 229 Å². The lowest BCUT2D eigenvalue weighted by molar-refractivity contribution is -0.290. The Morgan fingerprint density at radius 1 is 0.763 bits per heavy atom. The van der Waals surface area contributed by atoms with Crippen molar-refractivity contribution in [1.29, 1.82) is 0 Å². The number of hydrogen-bond acceptors (Lipinski definition) is 2. The van der Waals surface area contributed by atoms with Crippen LogP contribution in [0.2, 0.25) is 0 Å². The second kappa shape index (κ2) is 9.92. The van der Waals surface area contributed by atoms with Crippen LogP contribution in [0.5, 0.6) is 0 Å². The minimum absolute atomic E-state index is 0.0175. The van der Waals surface area contributed by atoms with E-state index in [0.29, 0.717) is 47.3 Å². The molecule has 2 N–H and O–H groups in total. The van der Waals surface area contributed by atoms with Crippen molar-refractivity contribution in [3.05, 3.63) is 0 Å². The van der Waals surface area contributed by atoms with Gasteiger partial charge in [0.1, 0.15) is 0 Å². The molecule has 0 spiro atoms. The van der Waals surface area contributed by atoms with E-state index in [2.05, 4.69) is 34.6 Å². The summed E-state index contributed by atoms with van der Waals surface area (Å²) in [7, 11) is 0. The summed E-state index contributed by atoms with van der Waals surface area (Å²) in [6, 6.07) is 0. The second-order valence-corrected chi connectivity index (χ2v) is 15.9. The molecule has 0 unspecified atom stereocenters. The molecule has 5 saturated carbocycles. The summed E-state index contributed by atoms with van der Waals surface area (Å²) in [4.78, 5) is 0. The second-order valence-electron chi connectivity index (χ2n) is 15.9. The van der Waals surface area contributed by atoms with Crippen LogP contribution in [0, 0.1) is 58.2 Å². The van der Waals surface area contributed by atoms with E-state index < -0.39 is 17.4 Å². The number of hydrogen-bond donors (Lipinski definition) is 2. The van der Waals surface area contributed by atoms with Crippen molar-refractivity contribution in [2.45, 2.75) is 148 Å². The van der Waals surface area contributed by atoms with E-state index in [-0.39, 0.29) is 24.2 Å². The van der Waals surface area contributed by atoms with Gasteiger partial charge in [0.15, 0.2) is 5.60 Å². The average molecular weight is 541 g/mol. The molecule has 0 aromatic rings. The van der Waals surface area contributed by atoms with Gasteiger partial charge in [-0.25, -0.2) is 0 Å². The molecule has 0 aliphatic heterocycles. The maximum Gasteiger partial charge on any atom is 0.417 e. The first-order chi connectivity index (χ1) is 17.6. The summed E-state index contributed by atoms with van der Waals surface area (Å²) in [5.74, 6) is 4.57. The molecule has 5 aliphatic rings. The van der Waals surface area contributed by atoms with Gasteiger partial charge in [-0.3, -0.25) is 0 Å². The smallest absolute Gasteiger partial charge is 0.390 e. The van der Waals surface area contributed by atoms with Crippen molar-refractivity contribution in [2.75, 3.05) is 0 Å². The van der Waals surface area contributed by atoms with Gasteiger partial charge < -0.3 is 10.2 Å². The summed E-state index contributed by atoms with van der Waals surface area (Å²) < 4.78 is 41.0. The van der Waals surface area contributed by atoms with Gasteiger partial charge in [-0.2, -0.15) is 13.2 Å². The Morgan fingerprint density at radius 2 is 1.42 bits per heavy atom. The molecule has 0 heterocycles. The molecule has 0 aromatic carbocycles. The first-order valence-electron chi connectivity index (χ1n) is 16.1. The van der Waals surface area contributed by atoms with Gasteiger partial charge in [0.25, 0.3) is 0 Å². The third kappa shape index (κ3) is 4.80. The molecule has 0 aromatic heterocycles. The van der Waals surface area contributed by atoms with Gasteiger partial charge >= 0.3 is 6.18 Å². The molecule has 220 valence electrons. The van der Waals surface area contributed by atoms with Crippen LogP contribution >= 0.6 is 0 Å². The molecule has 5 fully saturated rings. The molecule has 5 aliphatic carbocycles. The number of alkyl halides is 3. The third-order valence-electron chi connectivity index (χ3n) is 14.0. The molecule has 38 heavy (non-hydrogen) atoms. The van der Waals surface area contributed by atoms with E-state index in [1.807, 2.05) is 0 Å². The first kappa shape index (κ1) is 29.2. The fraction of sp³-hybridized carbons (Fsp3) is 1.00. The lowest BCUT2D eigenvalue weighted by atomic mass is 9.43. The largest absolute Gasteiger partial charge is 0.417 e. The summed E-state index contributed by atoms with van der Waals surface area (Å²) in [5, 5.41) is 21.9. The quantitative estimate of drug-likeness (QED) is 0.365. The zero-order chi connectivity index (χ0) is 27.7. The van der Waals surface area contributed by atoms with Crippen LogP contribution in [0.4, 0.5) is 13.2 Å². The molecule has 0 radical (unpaired) electrons. The van der Waals surface area contributed by atoms with E-state index in [0.717, 1.165) is 63.7 Å². The Bertz CT molecular complexity index is 848. The Kier molecular flexibility index (Phi) is 7.62. The fourth-order valence-corrected chi connectivity index (χ4v) is 11.3. The number of rotatable bonds is 5. The number of fused-ring (bicyclic) bond motifs is 5. The van der Waals surface area contributed by atoms with Crippen molar-refractivity contribution in [1.82, 2.24) is 0 Å². The topological polar surface area (TPSA) is 40.5 Å². The molecule has 2 nitrogen and oxygen atoms in total. The lowest BCUT2D eigenvalue weighted by Gasteiger charge is -2.62. The number of aliphatic hydroxyl groups is 2. The molecule has 0 bridgehead atoms. The van der Waals surface area contributed by atoms with Crippen molar-refractivity contribution in [3.63, 3.8) is 0 Å². The zero-order valence-electron chi connectivity index (χ0n) is 24.8. The van der Waals surface area contributed by atoms with Crippen molar-refractivity contribution in [2.24, 2.45) is 58.2 Å². The SMILES string of the molecule is CC(C)C1CCC(O)(CC[C@H](C)[C@@H]2CC[C@H]3[C@@H]4CC[C@H]5C[C@](O)(C(F)(F)F)CC[C@]5(C)[C@H]4CC[C@@]32C)CC1. The molecular weight excluding hydrogens is 485 g/mol. The average Bonchev–Trinajstić information content (AvgIpc) is 3.20. The van der Waals surface area contributed by atoms with Crippen LogP contribution < -0.4 is 0 Å². The Hall–Kier alpha value is -0.290. The van der Waals surface area contributed by atoms with Gasteiger partial charge in [-0.15, -0.1) is 0 Å². The van der Waals surface area contributed by atoms with Crippen LogP contribution in [0.25, 0.3) is 0 Å². The highest BCUT2D eigenvalue weighted by Crippen LogP contribution is 2.69. The fourth-order valence-electron chi connectivity index (χ4n) is 11.3. The highest BCUT2D eigenvalue weighted by molar-refractivity contribution is 5.11. The summed E-state index contributed by atoms with van der Waals surface area (Å²) in [6.07, 6.45) is 8.79. The van der Waals surface area contributed by atoms with Crippen LogP contribution in [0.1, 0.15) is 131 Å². The van der Waals surface area contributed by atoms with Gasteiger partial charge in [-0.05, 0) is 154 Å². The lowest BCUT2D eigenvalue weighted by Crippen LogP contribution is -2.59. The summed E-state index contributed by atoms with van der Waals surface area (Å²) in [6.45, 7) is 11.9. The van der Waals surface area contributed by atoms with Crippen LogP contribution in [-0.2, 0) is 0 Å². The van der Waals surface area contributed by atoms with Gasteiger partial charge in [0.2, 0.25) is 0 Å². The summed E-state index contributed by atoms with van der Waals surface area (Å²) in [5.41, 5.74) is -2.70. The maximum atomic E-state index is 13.7. The highest BCUT2D eigenvalue weighted by atomic mass is 19.4. The first-order valence-corrected chi connectivity index (χ1v) is 16.1. The summed E-state index contributed by atoms with van der Waals surface area (Å²) >= 11 is 0. The molecule has 5 rings (SSSR count). The predicted molar refractivity (Wildman–Crippen MR) is 146 cm³/mol. The van der Waals surface area contributed by atoms with Gasteiger partial charge in [0.05, 0.1) is 5.60 Å². The Balaban J connectivity index is 1.22. The predicted octanol–water partition coefficient (Wildman–Crippen LogP) is 8.93. The van der Waals surface area contributed by atoms with Crippen molar-refractivity contribution in [3.8, 4) is 0 Å². The molecular formula is C33H55F3O2. The standard InChI is InChI=1S/C33H55F3O2/c1-21(2)23-11-16-31(37,17-12-23)15-10-22(3)26-8-9-27-25-7-6-24-20-32(38,33(34,35)36)19-18-29(24,4)28(25)13-14-30(26,27)5/h21-28,37-38H,6-20H2,1-5H3/t22-,23?,24-,25-,26-,27-,28-,29-,30+,31?,32-/m0/s1. The van der Waals surface area contributed by atoms with E-state index >= 15 is 0 Å². The van der Waals surface area contributed by atoms with Gasteiger partial charge in [-0.1, -0.05) is 34.6 Å². The van der Waals surface area contributed by atoms with E-state index in [1.54, 1.807) is 0 Å². The third-order valence-corrected chi connectivity index (χ3v) is 14.0. The van der Waals surface area contributed by atoms with E-state index in [9.17, 15) is 23.4 Å². The van der Waals surface area contributed by atoms with Crippen molar-refractivity contribution >= 4 is 0 Å². The normalized spacial score (nSPS) is 50.3. The molecule has 9 atom stereocenters. The zero-order valence-corrected chi connectivity index (χ0v) is 24.8. The van der Waals surface area contributed by atoms with E-state index in [1.165, 1.54) is 19.3 Å².